The zero-order valence-corrected chi connectivity index (χ0v) is 13.6. The number of carbonyl (C=O) groups excluding carboxylic acids is 1. The first kappa shape index (κ1) is 15.3. The lowest BCUT2D eigenvalue weighted by molar-refractivity contribution is -0.119. The number of carbonyl (C=O) groups is 1. The minimum absolute atomic E-state index is 0.0950. The fourth-order valence-electron chi connectivity index (χ4n) is 3.08. The molecule has 0 bridgehead atoms. The molecule has 4 rings (SSSR count). The molecule has 3 aromatic rings. The van der Waals surface area contributed by atoms with E-state index in [1.807, 2.05) is 24.3 Å². The quantitative estimate of drug-likeness (QED) is 0.725. The molecule has 0 fully saturated rings. The predicted molar refractivity (Wildman–Crippen MR) is 92.7 cm³/mol. The van der Waals surface area contributed by atoms with Gasteiger partial charge in [0.1, 0.15) is 6.54 Å². The maximum atomic E-state index is 12.8. The number of fused-ring (bicyclic) bond motifs is 1. The van der Waals surface area contributed by atoms with E-state index in [-0.39, 0.29) is 18.0 Å². The van der Waals surface area contributed by atoms with Gasteiger partial charge in [-0.3, -0.25) is 9.59 Å². The Balaban J connectivity index is 1.62. The van der Waals surface area contributed by atoms with Gasteiger partial charge in [0.05, 0.1) is 0 Å². The molecule has 25 heavy (non-hydrogen) atoms. The van der Waals surface area contributed by atoms with E-state index in [1.54, 1.807) is 34.1 Å². The highest BCUT2D eigenvalue weighted by Gasteiger charge is 2.22. The number of amides is 1. The second-order valence-corrected chi connectivity index (χ2v) is 5.92. The van der Waals surface area contributed by atoms with Gasteiger partial charge in [-0.2, -0.15) is 5.10 Å². The summed E-state index contributed by atoms with van der Waals surface area (Å²) in [6.45, 7) is 0.561. The molecule has 0 radical (unpaired) electrons. The van der Waals surface area contributed by atoms with Crippen LogP contribution < -0.4 is 10.5 Å². The van der Waals surface area contributed by atoms with Gasteiger partial charge in [0.2, 0.25) is 5.91 Å². The molecule has 1 amide bonds. The van der Waals surface area contributed by atoms with Crippen LogP contribution in [-0.2, 0) is 17.8 Å². The average molecular weight is 335 g/mol. The van der Waals surface area contributed by atoms with E-state index in [4.69, 9.17) is 0 Å². The van der Waals surface area contributed by atoms with Crippen molar-refractivity contribution in [3.8, 4) is 5.82 Å². The third-order valence-corrected chi connectivity index (χ3v) is 4.29. The largest absolute Gasteiger partial charge is 0.311 e. The van der Waals surface area contributed by atoms with Gasteiger partial charge in [-0.25, -0.2) is 9.36 Å². The SMILES string of the molecule is O=C(Cn1nc(-n2cccn2)ccc1=O)N1CCCc2ccccc21. The molecule has 0 N–H and O–H groups in total. The molecule has 7 nitrogen and oxygen atoms in total. The number of aromatic nitrogens is 4. The van der Waals surface area contributed by atoms with Crippen LogP contribution in [0.2, 0.25) is 0 Å². The number of hydrogen-bond acceptors (Lipinski definition) is 4. The van der Waals surface area contributed by atoms with Gasteiger partial charge in [-0.1, -0.05) is 18.2 Å². The zero-order valence-electron chi connectivity index (χ0n) is 13.6. The van der Waals surface area contributed by atoms with Gasteiger partial charge in [0.25, 0.3) is 5.56 Å². The highest BCUT2D eigenvalue weighted by Crippen LogP contribution is 2.26. The van der Waals surface area contributed by atoms with Crippen molar-refractivity contribution in [1.82, 2.24) is 19.6 Å². The molecule has 0 spiro atoms. The van der Waals surface area contributed by atoms with Gasteiger partial charge in [0.15, 0.2) is 5.82 Å². The third kappa shape index (κ3) is 2.96. The average Bonchev–Trinajstić information content (AvgIpc) is 3.17. The van der Waals surface area contributed by atoms with Crippen LogP contribution >= 0.6 is 0 Å². The number of benzene rings is 1. The summed E-state index contributed by atoms with van der Waals surface area (Å²) >= 11 is 0. The van der Waals surface area contributed by atoms with Crippen molar-refractivity contribution >= 4 is 11.6 Å². The lowest BCUT2D eigenvalue weighted by Gasteiger charge is -2.29. The minimum atomic E-state index is -0.311. The van der Waals surface area contributed by atoms with Crippen LogP contribution in [0.25, 0.3) is 5.82 Å². The summed E-state index contributed by atoms with van der Waals surface area (Å²) in [4.78, 5) is 26.6. The van der Waals surface area contributed by atoms with Crippen molar-refractivity contribution in [2.75, 3.05) is 11.4 Å². The third-order valence-electron chi connectivity index (χ3n) is 4.29. The monoisotopic (exact) mass is 335 g/mol. The predicted octanol–water partition coefficient (Wildman–Crippen LogP) is 1.41. The highest BCUT2D eigenvalue weighted by atomic mass is 16.2. The number of rotatable bonds is 3. The highest BCUT2D eigenvalue weighted by molar-refractivity contribution is 5.94. The molecule has 1 aromatic carbocycles. The molecule has 0 unspecified atom stereocenters. The van der Waals surface area contributed by atoms with Gasteiger partial charge in [0, 0.05) is 30.7 Å². The van der Waals surface area contributed by atoms with Crippen molar-refractivity contribution in [3.63, 3.8) is 0 Å². The van der Waals surface area contributed by atoms with Crippen LogP contribution in [0.1, 0.15) is 12.0 Å². The first-order valence-electron chi connectivity index (χ1n) is 8.19. The topological polar surface area (TPSA) is 73.0 Å². The summed E-state index contributed by atoms with van der Waals surface area (Å²) in [7, 11) is 0. The van der Waals surface area contributed by atoms with Crippen LogP contribution in [0.15, 0.2) is 59.7 Å². The molecule has 2 aromatic heterocycles. The van der Waals surface area contributed by atoms with Crippen molar-refractivity contribution in [2.45, 2.75) is 19.4 Å². The lowest BCUT2D eigenvalue weighted by atomic mass is 10.0. The summed E-state index contributed by atoms with van der Waals surface area (Å²) in [5.41, 5.74) is 1.78. The molecule has 1 aliphatic rings. The smallest absolute Gasteiger partial charge is 0.267 e. The molecule has 0 saturated carbocycles. The molecule has 126 valence electrons. The first-order chi connectivity index (χ1) is 12.2. The molecule has 3 heterocycles. The van der Waals surface area contributed by atoms with E-state index in [1.165, 1.54) is 10.7 Å². The molecular weight excluding hydrogens is 318 g/mol. The summed E-state index contributed by atoms with van der Waals surface area (Å²) in [6.07, 6.45) is 5.25. The Morgan fingerprint density at radius 3 is 2.84 bits per heavy atom. The van der Waals surface area contributed by atoms with Crippen LogP contribution in [0.3, 0.4) is 0 Å². The van der Waals surface area contributed by atoms with Gasteiger partial charge < -0.3 is 4.90 Å². The van der Waals surface area contributed by atoms with Gasteiger partial charge in [-0.15, -0.1) is 5.10 Å². The Morgan fingerprint density at radius 2 is 2.00 bits per heavy atom. The van der Waals surface area contributed by atoms with E-state index >= 15 is 0 Å². The van der Waals surface area contributed by atoms with Crippen LogP contribution in [0, 0.1) is 0 Å². The van der Waals surface area contributed by atoms with Crippen molar-refractivity contribution in [1.29, 1.82) is 0 Å². The fraction of sp³-hybridized carbons (Fsp3) is 0.222. The molecule has 0 saturated heterocycles. The van der Waals surface area contributed by atoms with E-state index in [9.17, 15) is 9.59 Å². The normalized spacial score (nSPS) is 13.5. The number of aryl methyl sites for hydroxylation is 1. The fourth-order valence-corrected chi connectivity index (χ4v) is 3.08. The maximum Gasteiger partial charge on any atom is 0.267 e. The van der Waals surface area contributed by atoms with E-state index < -0.39 is 0 Å². The molecule has 0 aliphatic carbocycles. The second-order valence-electron chi connectivity index (χ2n) is 5.92. The number of nitrogens with zero attached hydrogens (tertiary/aromatic N) is 5. The molecule has 1 aliphatic heterocycles. The number of para-hydroxylation sites is 1. The van der Waals surface area contributed by atoms with Crippen LogP contribution in [-0.4, -0.2) is 32.0 Å². The van der Waals surface area contributed by atoms with Crippen molar-refractivity contribution < 1.29 is 4.79 Å². The number of anilines is 1. The lowest BCUT2D eigenvalue weighted by Crippen LogP contribution is -2.40. The maximum absolute atomic E-state index is 12.8. The summed E-state index contributed by atoms with van der Waals surface area (Å²) in [5.74, 6) is 0.357. The molecule has 7 heteroatoms. The molecular formula is C18H17N5O2. The van der Waals surface area contributed by atoms with Crippen LogP contribution in [0.4, 0.5) is 5.69 Å². The Bertz CT molecular complexity index is 962. The Kier molecular flexibility index (Phi) is 3.89. The van der Waals surface area contributed by atoms with E-state index in [0.717, 1.165) is 24.1 Å². The van der Waals surface area contributed by atoms with Gasteiger partial charge >= 0.3 is 0 Å². The van der Waals surface area contributed by atoms with Crippen molar-refractivity contribution in [3.05, 3.63) is 70.8 Å². The second kappa shape index (κ2) is 6.35. The summed E-state index contributed by atoms with van der Waals surface area (Å²) < 4.78 is 2.74. The Labute approximate surface area is 144 Å². The summed E-state index contributed by atoms with van der Waals surface area (Å²) in [6, 6.07) is 12.7. The zero-order chi connectivity index (χ0) is 17.2. The first-order valence-corrected chi connectivity index (χ1v) is 8.19. The van der Waals surface area contributed by atoms with Gasteiger partial charge in [-0.05, 0) is 36.6 Å². The Hall–Kier alpha value is -3.22. The van der Waals surface area contributed by atoms with Crippen molar-refractivity contribution in [2.24, 2.45) is 0 Å². The number of hydrogen-bond donors (Lipinski definition) is 0. The summed E-state index contributed by atoms with van der Waals surface area (Å²) in [5, 5.41) is 8.36. The minimum Gasteiger partial charge on any atom is -0.311 e. The Morgan fingerprint density at radius 1 is 1.12 bits per heavy atom. The van der Waals surface area contributed by atoms with E-state index in [2.05, 4.69) is 10.2 Å². The van der Waals surface area contributed by atoms with E-state index in [0.29, 0.717) is 12.4 Å². The van der Waals surface area contributed by atoms with Crippen LogP contribution in [0.5, 0.6) is 0 Å². The standard InChI is InChI=1S/C18H17N5O2/c24-17-9-8-16(22-12-4-10-19-22)20-23(17)13-18(25)21-11-3-6-14-5-1-2-7-15(14)21/h1-2,4-5,7-10,12H,3,6,11,13H2. The molecule has 0 atom stereocenters.